The third-order valence-corrected chi connectivity index (χ3v) is 4.42. The van der Waals surface area contributed by atoms with Crippen LogP contribution in [0.4, 0.5) is 0 Å². The van der Waals surface area contributed by atoms with Crippen LogP contribution in [0.1, 0.15) is 46.7 Å². The number of carboxylic acids is 1. The molecule has 6 heteroatoms. The first-order valence-electron chi connectivity index (χ1n) is 7.51. The van der Waals surface area contributed by atoms with Crippen molar-refractivity contribution in [2.75, 3.05) is 0 Å². The maximum atomic E-state index is 12.7. The van der Waals surface area contributed by atoms with Crippen molar-refractivity contribution >= 4 is 23.4 Å². The summed E-state index contributed by atoms with van der Waals surface area (Å²) in [6, 6.07) is 7.81. The van der Waals surface area contributed by atoms with Gasteiger partial charge in [-0.2, -0.15) is 0 Å². The summed E-state index contributed by atoms with van der Waals surface area (Å²) in [4.78, 5) is 36.7. The molecule has 5 nitrogen and oxygen atoms in total. The van der Waals surface area contributed by atoms with E-state index in [0.717, 1.165) is 0 Å². The fraction of sp³-hybridized carbons (Fsp3) is 0.278. The minimum atomic E-state index is -1.35. The number of carboxylic acid groups (broad SMARTS) is 1. The normalized spacial score (nSPS) is 15.9. The monoisotopic (exact) mass is 345 g/mol. The lowest BCUT2D eigenvalue weighted by molar-refractivity contribution is 0.0694. The van der Waals surface area contributed by atoms with Crippen molar-refractivity contribution in [2.45, 2.75) is 26.7 Å². The molecule has 24 heavy (non-hydrogen) atoms. The first-order valence-corrected chi connectivity index (χ1v) is 7.89. The molecule has 0 saturated heterocycles. The number of hydrogen-bond acceptors (Lipinski definition) is 3. The second-order valence-corrected chi connectivity index (χ2v) is 7.22. The molecule has 0 fully saturated rings. The van der Waals surface area contributed by atoms with Crippen molar-refractivity contribution in [1.29, 1.82) is 0 Å². The first-order chi connectivity index (χ1) is 11.2. The highest BCUT2D eigenvalue weighted by Crippen LogP contribution is 2.35. The average Bonchev–Trinajstić information content (AvgIpc) is 2.45. The minimum Gasteiger partial charge on any atom is -0.477 e. The van der Waals surface area contributed by atoms with Gasteiger partial charge in [-0.05, 0) is 36.1 Å². The summed E-state index contributed by atoms with van der Waals surface area (Å²) in [5.74, 6) is -1.50. The van der Waals surface area contributed by atoms with Crippen LogP contribution in [0, 0.1) is 5.41 Å². The first kappa shape index (κ1) is 16.5. The summed E-state index contributed by atoms with van der Waals surface area (Å²) in [7, 11) is 0. The smallest absolute Gasteiger partial charge is 0.341 e. The van der Waals surface area contributed by atoms with Gasteiger partial charge in [-0.3, -0.25) is 14.2 Å². The van der Waals surface area contributed by atoms with Gasteiger partial charge >= 0.3 is 5.97 Å². The number of ketones is 1. The number of carbonyl (C=O) groups excluding carboxylic acids is 1. The van der Waals surface area contributed by atoms with E-state index >= 15 is 0 Å². The Morgan fingerprint density at radius 1 is 1.21 bits per heavy atom. The van der Waals surface area contributed by atoms with Crippen molar-refractivity contribution in [2.24, 2.45) is 5.41 Å². The van der Waals surface area contributed by atoms with E-state index < -0.39 is 17.1 Å². The Labute approximate surface area is 143 Å². The Bertz CT molecular complexity index is 927. The number of rotatable bonds is 2. The SMILES string of the molecule is CC1(C)CC(=O)c2cc(C(=O)O)c(=O)n(-c3cccc(Cl)c3)c2C1. The Balaban J connectivity index is 2.40. The third-order valence-electron chi connectivity index (χ3n) is 4.19. The number of halogens is 1. The predicted octanol–water partition coefficient (Wildman–Crippen LogP) is 3.34. The van der Waals surface area contributed by atoms with Crippen LogP contribution in [0.15, 0.2) is 35.1 Å². The second kappa shape index (κ2) is 5.60. The van der Waals surface area contributed by atoms with Crippen LogP contribution in [0.5, 0.6) is 0 Å². The van der Waals surface area contributed by atoms with E-state index in [-0.39, 0.29) is 11.2 Å². The lowest BCUT2D eigenvalue weighted by atomic mass is 9.75. The average molecular weight is 346 g/mol. The Kier molecular flexibility index (Phi) is 3.84. The van der Waals surface area contributed by atoms with Crippen molar-refractivity contribution in [3.8, 4) is 5.69 Å². The highest BCUT2D eigenvalue weighted by molar-refractivity contribution is 6.30. The lowest BCUT2D eigenvalue weighted by Crippen LogP contribution is -2.36. The summed E-state index contributed by atoms with van der Waals surface area (Å²) in [6.45, 7) is 3.90. The Hall–Kier alpha value is -2.40. The molecule has 124 valence electrons. The van der Waals surface area contributed by atoms with E-state index in [9.17, 15) is 19.5 Å². The zero-order valence-corrected chi connectivity index (χ0v) is 14.1. The molecule has 1 heterocycles. The molecular formula is C18H16ClNO4. The number of aromatic nitrogens is 1. The summed E-state index contributed by atoms with van der Waals surface area (Å²) >= 11 is 6.02. The quantitative estimate of drug-likeness (QED) is 0.905. The molecule has 1 aromatic carbocycles. The van der Waals surface area contributed by atoms with E-state index in [1.807, 2.05) is 13.8 Å². The number of fused-ring (bicyclic) bond motifs is 1. The van der Waals surface area contributed by atoms with Gasteiger partial charge in [0, 0.05) is 22.7 Å². The molecule has 0 spiro atoms. The summed E-state index contributed by atoms with van der Waals surface area (Å²) in [5.41, 5.74) is -0.0883. The molecule has 0 radical (unpaired) electrons. The van der Waals surface area contributed by atoms with E-state index in [1.54, 1.807) is 24.3 Å². The number of aromatic carboxylic acids is 1. The van der Waals surface area contributed by atoms with Crippen LogP contribution >= 0.6 is 11.6 Å². The van der Waals surface area contributed by atoms with Crippen molar-refractivity contribution < 1.29 is 14.7 Å². The summed E-state index contributed by atoms with van der Waals surface area (Å²) in [5, 5.41) is 9.76. The fourth-order valence-electron chi connectivity index (χ4n) is 3.16. The van der Waals surface area contributed by atoms with E-state index in [2.05, 4.69) is 0 Å². The number of benzene rings is 1. The van der Waals surface area contributed by atoms with E-state index in [1.165, 1.54) is 10.6 Å². The van der Waals surface area contributed by atoms with Crippen molar-refractivity contribution in [3.05, 3.63) is 62.5 Å². The lowest BCUT2D eigenvalue weighted by Gasteiger charge is -2.32. The highest BCUT2D eigenvalue weighted by atomic mass is 35.5. The van der Waals surface area contributed by atoms with Gasteiger partial charge in [0.2, 0.25) is 0 Å². The molecule has 1 N–H and O–H groups in total. The summed E-state index contributed by atoms with van der Waals surface area (Å²) < 4.78 is 1.31. The number of pyridine rings is 1. The molecule has 1 aliphatic rings. The Morgan fingerprint density at radius 3 is 2.54 bits per heavy atom. The van der Waals surface area contributed by atoms with Gasteiger partial charge in [-0.1, -0.05) is 31.5 Å². The molecule has 0 saturated carbocycles. The molecule has 1 aliphatic carbocycles. The zero-order valence-electron chi connectivity index (χ0n) is 13.3. The van der Waals surface area contributed by atoms with Crippen LogP contribution in [0.2, 0.25) is 5.02 Å². The van der Waals surface area contributed by atoms with E-state index in [4.69, 9.17) is 11.6 Å². The van der Waals surface area contributed by atoms with Crippen LogP contribution in [0.3, 0.4) is 0 Å². The number of Topliss-reactive ketones (excluding diaryl/α,β-unsaturated/α-hetero) is 1. The second-order valence-electron chi connectivity index (χ2n) is 6.78. The third kappa shape index (κ3) is 2.76. The van der Waals surface area contributed by atoms with Gasteiger partial charge in [-0.25, -0.2) is 4.79 Å². The van der Waals surface area contributed by atoms with Crippen LogP contribution in [-0.4, -0.2) is 21.4 Å². The molecule has 0 aliphatic heterocycles. The predicted molar refractivity (Wildman–Crippen MR) is 90.4 cm³/mol. The van der Waals surface area contributed by atoms with Gasteiger partial charge in [0.25, 0.3) is 5.56 Å². The van der Waals surface area contributed by atoms with Gasteiger partial charge in [0.1, 0.15) is 5.56 Å². The number of carbonyl (C=O) groups is 2. The van der Waals surface area contributed by atoms with Gasteiger partial charge in [0.15, 0.2) is 5.78 Å². The maximum absolute atomic E-state index is 12.7. The van der Waals surface area contributed by atoms with Crippen LogP contribution in [-0.2, 0) is 6.42 Å². The van der Waals surface area contributed by atoms with Crippen molar-refractivity contribution in [1.82, 2.24) is 4.57 Å². The molecule has 3 rings (SSSR count). The molecular weight excluding hydrogens is 330 g/mol. The highest BCUT2D eigenvalue weighted by Gasteiger charge is 2.35. The topological polar surface area (TPSA) is 76.4 Å². The molecule has 0 unspecified atom stereocenters. The van der Waals surface area contributed by atoms with Crippen LogP contribution in [0.25, 0.3) is 5.69 Å². The number of hydrogen-bond donors (Lipinski definition) is 1. The molecule has 0 amide bonds. The van der Waals surface area contributed by atoms with Gasteiger partial charge in [-0.15, -0.1) is 0 Å². The minimum absolute atomic E-state index is 0.153. The van der Waals surface area contributed by atoms with E-state index in [0.29, 0.717) is 34.8 Å². The Morgan fingerprint density at radius 2 is 1.92 bits per heavy atom. The number of nitrogens with zero attached hydrogens (tertiary/aromatic N) is 1. The molecule has 2 aromatic rings. The van der Waals surface area contributed by atoms with Gasteiger partial charge < -0.3 is 5.11 Å². The standard InChI is InChI=1S/C18H16ClNO4/c1-18(2)8-14-12(15(21)9-18)7-13(17(23)24)16(22)20(14)11-5-3-4-10(19)6-11/h3-7H,8-9H2,1-2H3,(H,23,24). The van der Waals surface area contributed by atoms with Crippen molar-refractivity contribution in [3.63, 3.8) is 0 Å². The molecule has 0 bridgehead atoms. The van der Waals surface area contributed by atoms with Gasteiger partial charge in [0.05, 0.1) is 5.69 Å². The molecule has 0 atom stereocenters. The zero-order chi connectivity index (χ0) is 17.6. The fourth-order valence-corrected chi connectivity index (χ4v) is 3.34. The maximum Gasteiger partial charge on any atom is 0.341 e. The summed E-state index contributed by atoms with van der Waals surface area (Å²) in [6.07, 6.45) is 0.808. The van der Waals surface area contributed by atoms with Crippen LogP contribution < -0.4 is 5.56 Å². The molecule has 1 aromatic heterocycles. The largest absolute Gasteiger partial charge is 0.477 e.